The van der Waals surface area contributed by atoms with E-state index in [-0.39, 0.29) is 11.7 Å². The van der Waals surface area contributed by atoms with E-state index in [1.807, 2.05) is 0 Å². The molecular formula is C14H11ClN2O3. The molecule has 20 heavy (non-hydrogen) atoms. The molecule has 1 aromatic heterocycles. The molecule has 5 nitrogen and oxygen atoms in total. The van der Waals surface area contributed by atoms with Crippen LogP contribution in [-0.4, -0.2) is 16.9 Å². The van der Waals surface area contributed by atoms with E-state index in [9.17, 15) is 9.59 Å². The zero-order valence-corrected chi connectivity index (χ0v) is 11.3. The van der Waals surface area contributed by atoms with Gasteiger partial charge in [0, 0.05) is 24.9 Å². The van der Waals surface area contributed by atoms with Crippen LogP contribution in [0.5, 0.6) is 5.75 Å². The molecule has 0 fully saturated rings. The number of amides is 1. The van der Waals surface area contributed by atoms with Crippen molar-refractivity contribution in [2.45, 2.75) is 6.92 Å². The van der Waals surface area contributed by atoms with Crippen LogP contribution in [0.15, 0.2) is 42.7 Å². The van der Waals surface area contributed by atoms with Gasteiger partial charge in [0.15, 0.2) is 5.75 Å². The van der Waals surface area contributed by atoms with Gasteiger partial charge in [-0.25, -0.2) is 4.79 Å². The van der Waals surface area contributed by atoms with Gasteiger partial charge in [-0.15, -0.1) is 0 Å². The maximum Gasteiger partial charge on any atom is 0.343 e. The second-order valence-electron chi connectivity index (χ2n) is 3.99. The Kier molecular flexibility index (Phi) is 4.32. The Balaban J connectivity index is 2.15. The van der Waals surface area contributed by atoms with Crippen molar-refractivity contribution in [2.75, 3.05) is 5.32 Å². The minimum atomic E-state index is -0.554. The van der Waals surface area contributed by atoms with Gasteiger partial charge in [0.05, 0.1) is 16.8 Å². The average Bonchev–Trinajstić information content (AvgIpc) is 2.38. The van der Waals surface area contributed by atoms with E-state index < -0.39 is 5.97 Å². The molecule has 0 radical (unpaired) electrons. The Bertz CT molecular complexity index is 658. The average molecular weight is 291 g/mol. The highest BCUT2D eigenvalue weighted by Crippen LogP contribution is 2.18. The molecule has 1 amide bonds. The molecule has 1 aromatic carbocycles. The molecule has 1 N–H and O–H groups in total. The van der Waals surface area contributed by atoms with Crippen LogP contribution < -0.4 is 10.1 Å². The van der Waals surface area contributed by atoms with Crippen LogP contribution in [0.2, 0.25) is 5.02 Å². The summed E-state index contributed by atoms with van der Waals surface area (Å²) in [4.78, 5) is 26.8. The van der Waals surface area contributed by atoms with Gasteiger partial charge >= 0.3 is 5.97 Å². The second-order valence-corrected chi connectivity index (χ2v) is 4.43. The zero-order chi connectivity index (χ0) is 14.5. The molecule has 0 atom stereocenters. The van der Waals surface area contributed by atoms with Crippen LogP contribution in [-0.2, 0) is 4.79 Å². The molecule has 0 bridgehead atoms. The normalized spacial score (nSPS) is 9.90. The summed E-state index contributed by atoms with van der Waals surface area (Å²) in [5, 5.41) is 2.97. The molecule has 2 aromatic rings. The van der Waals surface area contributed by atoms with Crippen molar-refractivity contribution in [1.82, 2.24) is 4.98 Å². The Morgan fingerprint density at radius 2 is 2.05 bits per heavy atom. The van der Waals surface area contributed by atoms with Crippen molar-refractivity contribution in [2.24, 2.45) is 0 Å². The highest BCUT2D eigenvalue weighted by molar-refractivity contribution is 6.30. The number of pyridine rings is 1. The van der Waals surface area contributed by atoms with Crippen LogP contribution in [0, 0.1) is 0 Å². The van der Waals surface area contributed by atoms with Gasteiger partial charge in [-0.05, 0) is 18.2 Å². The van der Waals surface area contributed by atoms with E-state index in [2.05, 4.69) is 10.3 Å². The van der Waals surface area contributed by atoms with E-state index >= 15 is 0 Å². The number of nitrogens with zero attached hydrogens (tertiary/aromatic N) is 1. The van der Waals surface area contributed by atoms with Crippen LogP contribution in [0.3, 0.4) is 0 Å². The van der Waals surface area contributed by atoms with Gasteiger partial charge in [0.1, 0.15) is 0 Å². The number of halogens is 1. The molecule has 6 heteroatoms. The third-order valence-corrected chi connectivity index (χ3v) is 2.52. The largest absolute Gasteiger partial charge is 0.421 e. The van der Waals surface area contributed by atoms with Crippen molar-refractivity contribution in [3.63, 3.8) is 0 Å². The van der Waals surface area contributed by atoms with E-state index in [1.54, 1.807) is 18.2 Å². The second kappa shape index (κ2) is 6.16. The summed E-state index contributed by atoms with van der Waals surface area (Å²) in [5.41, 5.74) is 0.840. The predicted octanol–water partition coefficient (Wildman–Crippen LogP) is 2.91. The van der Waals surface area contributed by atoms with Crippen molar-refractivity contribution in [3.8, 4) is 5.75 Å². The van der Waals surface area contributed by atoms with E-state index in [0.717, 1.165) is 0 Å². The summed E-state index contributed by atoms with van der Waals surface area (Å²) < 4.78 is 5.14. The summed E-state index contributed by atoms with van der Waals surface area (Å²) in [6, 6.07) is 7.94. The van der Waals surface area contributed by atoms with Crippen molar-refractivity contribution in [1.29, 1.82) is 0 Å². The lowest BCUT2D eigenvalue weighted by Crippen LogP contribution is -2.10. The quantitative estimate of drug-likeness (QED) is 0.883. The molecule has 0 saturated heterocycles. The lowest BCUT2D eigenvalue weighted by atomic mass is 10.2. The van der Waals surface area contributed by atoms with Gasteiger partial charge in [-0.3, -0.25) is 9.78 Å². The maximum atomic E-state index is 12.0. The molecule has 1 heterocycles. The number of hydrogen-bond donors (Lipinski definition) is 1. The first-order valence-corrected chi connectivity index (χ1v) is 6.13. The van der Waals surface area contributed by atoms with E-state index in [0.29, 0.717) is 16.3 Å². The van der Waals surface area contributed by atoms with Crippen molar-refractivity contribution < 1.29 is 14.3 Å². The zero-order valence-electron chi connectivity index (χ0n) is 10.6. The number of carbonyl (C=O) groups excluding carboxylic acids is 2. The number of benzene rings is 1. The first kappa shape index (κ1) is 14.0. The number of rotatable bonds is 3. The Morgan fingerprint density at radius 3 is 2.75 bits per heavy atom. The molecule has 0 aliphatic heterocycles. The standard InChI is InChI=1S/C14H11ClN2O3/c1-9(18)17-12-4-2-3-10(5-12)14(19)20-13-6-11(15)7-16-8-13/h2-8H,1H3,(H,17,18). The lowest BCUT2D eigenvalue weighted by Gasteiger charge is -2.06. The third-order valence-electron chi connectivity index (χ3n) is 2.31. The number of anilines is 1. The Labute approximate surface area is 120 Å². The monoisotopic (exact) mass is 290 g/mol. The first-order valence-electron chi connectivity index (χ1n) is 5.75. The van der Waals surface area contributed by atoms with Gasteiger partial charge in [-0.2, -0.15) is 0 Å². The Morgan fingerprint density at radius 1 is 1.25 bits per heavy atom. The number of carbonyl (C=O) groups is 2. The third kappa shape index (κ3) is 3.80. The molecule has 2 rings (SSSR count). The van der Waals surface area contributed by atoms with Gasteiger partial charge in [0.25, 0.3) is 0 Å². The van der Waals surface area contributed by atoms with Gasteiger partial charge in [0.2, 0.25) is 5.91 Å². The van der Waals surface area contributed by atoms with Crippen LogP contribution in [0.1, 0.15) is 17.3 Å². The molecule has 0 aliphatic rings. The fourth-order valence-electron chi connectivity index (χ4n) is 1.54. The minimum absolute atomic E-state index is 0.213. The van der Waals surface area contributed by atoms with Crippen molar-refractivity contribution >= 4 is 29.2 Å². The highest BCUT2D eigenvalue weighted by atomic mass is 35.5. The number of esters is 1. The number of ether oxygens (including phenoxy) is 1. The van der Waals surface area contributed by atoms with Crippen LogP contribution >= 0.6 is 11.6 Å². The van der Waals surface area contributed by atoms with E-state index in [4.69, 9.17) is 16.3 Å². The summed E-state index contributed by atoms with van der Waals surface area (Å²) in [7, 11) is 0. The highest BCUT2D eigenvalue weighted by Gasteiger charge is 2.10. The minimum Gasteiger partial charge on any atom is -0.421 e. The van der Waals surface area contributed by atoms with E-state index in [1.165, 1.54) is 31.5 Å². The van der Waals surface area contributed by atoms with Crippen LogP contribution in [0.25, 0.3) is 0 Å². The van der Waals surface area contributed by atoms with Crippen LogP contribution in [0.4, 0.5) is 5.69 Å². The van der Waals surface area contributed by atoms with Gasteiger partial charge < -0.3 is 10.1 Å². The van der Waals surface area contributed by atoms with Crippen molar-refractivity contribution in [3.05, 3.63) is 53.3 Å². The maximum absolute atomic E-state index is 12.0. The predicted molar refractivity (Wildman–Crippen MR) is 75.0 cm³/mol. The first-order chi connectivity index (χ1) is 9.54. The molecule has 0 aliphatic carbocycles. The topological polar surface area (TPSA) is 68.3 Å². The molecule has 0 spiro atoms. The van der Waals surface area contributed by atoms with Gasteiger partial charge in [-0.1, -0.05) is 17.7 Å². The fourth-order valence-corrected chi connectivity index (χ4v) is 1.71. The molecule has 102 valence electrons. The number of hydrogen-bond acceptors (Lipinski definition) is 4. The molecular weight excluding hydrogens is 280 g/mol. The summed E-state index contributed by atoms with van der Waals surface area (Å²) in [6.07, 6.45) is 2.83. The molecule has 0 unspecified atom stereocenters. The number of nitrogens with one attached hydrogen (secondary N) is 1. The summed E-state index contributed by atoms with van der Waals surface area (Å²) >= 11 is 5.76. The fraction of sp³-hybridized carbons (Fsp3) is 0.0714. The molecule has 0 saturated carbocycles. The SMILES string of the molecule is CC(=O)Nc1cccc(C(=O)Oc2cncc(Cl)c2)c1. The summed E-state index contributed by atoms with van der Waals surface area (Å²) in [6.45, 7) is 1.39. The smallest absolute Gasteiger partial charge is 0.343 e. The Hall–Kier alpha value is -2.40. The lowest BCUT2D eigenvalue weighted by molar-refractivity contribution is -0.114. The number of aromatic nitrogens is 1. The summed E-state index contributed by atoms with van der Waals surface area (Å²) in [5.74, 6) is -0.511.